The summed E-state index contributed by atoms with van der Waals surface area (Å²) < 4.78 is 5.14. The topological polar surface area (TPSA) is 70.3 Å². The first kappa shape index (κ1) is 16.5. The van der Waals surface area contributed by atoms with E-state index in [1.165, 1.54) is 0 Å². The van der Waals surface area contributed by atoms with Crippen LogP contribution in [0.1, 0.15) is 5.76 Å². The smallest absolute Gasteiger partial charge is 0.175 e. The van der Waals surface area contributed by atoms with Crippen molar-refractivity contribution in [1.82, 2.24) is 20.0 Å². The summed E-state index contributed by atoms with van der Waals surface area (Å²) in [4.78, 5) is 14.1. The van der Waals surface area contributed by atoms with Crippen LogP contribution in [0.5, 0.6) is 0 Å². The van der Waals surface area contributed by atoms with Gasteiger partial charge >= 0.3 is 0 Å². The van der Waals surface area contributed by atoms with Crippen molar-refractivity contribution in [2.45, 2.75) is 6.92 Å². The summed E-state index contributed by atoms with van der Waals surface area (Å²) in [6.07, 6.45) is 0. The predicted octanol–water partition coefficient (Wildman–Crippen LogP) is 2.94. The Morgan fingerprint density at radius 1 is 0.962 bits per heavy atom. The first-order valence-electron chi connectivity index (χ1n) is 8.76. The van der Waals surface area contributed by atoms with Crippen LogP contribution in [-0.4, -0.2) is 53.3 Å². The van der Waals surface area contributed by atoms with Crippen molar-refractivity contribution in [3.05, 3.63) is 48.2 Å². The molecule has 3 aromatic rings. The molecular weight excluding hydrogens is 328 g/mol. The fraction of sp³-hybridized carbons (Fsp3) is 0.316. The van der Waals surface area contributed by atoms with Gasteiger partial charge in [0.15, 0.2) is 11.6 Å². The molecule has 26 heavy (non-hydrogen) atoms. The number of likely N-dealkylation sites (N-methyl/N-ethyl adjacent to an activating group) is 1. The van der Waals surface area contributed by atoms with E-state index < -0.39 is 0 Å². The summed E-state index contributed by atoms with van der Waals surface area (Å²) in [7, 11) is 2.15. The van der Waals surface area contributed by atoms with Gasteiger partial charge in [-0.05, 0) is 14.0 Å². The Hall–Kier alpha value is -2.93. The molecule has 7 heteroatoms. The van der Waals surface area contributed by atoms with E-state index in [0.717, 1.165) is 43.3 Å². The zero-order valence-corrected chi connectivity index (χ0v) is 15.0. The van der Waals surface area contributed by atoms with Gasteiger partial charge in [-0.15, -0.1) is 0 Å². The number of piperazine rings is 1. The van der Waals surface area contributed by atoms with Gasteiger partial charge in [-0.3, -0.25) is 0 Å². The summed E-state index contributed by atoms with van der Waals surface area (Å²) in [5, 5.41) is 7.23. The van der Waals surface area contributed by atoms with Crippen LogP contribution in [-0.2, 0) is 0 Å². The van der Waals surface area contributed by atoms with Gasteiger partial charge in [-0.2, -0.15) is 0 Å². The second-order valence-corrected chi connectivity index (χ2v) is 6.54. The van der Waals surface area contributed by atoms with Crippen molar-refractivity contribution < 1.29 is 4.52 Å². The second kappa shape index (κ2) is 7.13. The molecule has 1 aliphatic rings. The van der Waals surface area contributed by atoms with Crippen LogP contribution >= 0.6 is 0 Å². The normalized spacial score (nSPS) is 15.2. The predicted molar refractivity (Wildman–Crippen MR) is 102 cm³/mol. The maximum Gasteiger partial charge on any atom is 0.175 e. The third-order valence-electron chi connectivity index (χ3n) is 4.46. The van der Waals surface area contributed by atoms with E-state index in [1.807, 2.05) is 49.4 Å². The third kappa shape index (κ3) is 3.67. The highest BCUT2D eigenvalue weighted by molar-refractivity contribution is 5.64. The minimum atomic E-state index is 0.643. The lowest BCUT2D eigenvalue weighted by atomic mass is 10.2. The Kier molecular flexibility index (Phi) is 4.53. The average molecular weight is 350 g/mol. The van der Waals surface area contributed by atoms with Crippen LogP contribution in [0.25, 0.3) is 11.4 Å². The van der Waals surface area contributed by atoms with Gasteiger partial charge in [0.2, 0.25) is 0 Å². The van der Waals surface area contributed by atoms with Gasteiger partial charge in [0.1, 0.15) is 17.4 Å². The fourth-order valence-electron chi connectivity index (χ4n) is 2.97. The molecule has 0 radical (unpaired) electrons. The Balaban J connectivity index is 1.69. The highest BCUT2D eigenvalue weighted by atomic mass is 16.5. The number of hydrogen-bond acceptors (Lipinski definition) is 7. The molecule has 1 fully saturated rings. The number of anilines is 3. The molecule has 4 rings (SSSR count). The molecule has 134 valence electrons. The lowest BCUT2D eigenvalue weighted by Gasteiger charge is -2.33. The Morgan fingerprint density at radius 2 is 1.73 bits per heavy atom. The summed E-state index contributed by atoms with van der Waals surface area (Å²) in [5.41, 5.74) is 0.989. The van der Waals surface area contributed by atoms with E-state index in [4.69, 9.17) is 9.51 Å². The molecule has 0 amide bonds. The van der Waals surface area contributed by atoms with E-state index in [9.17, 15) is 0 Å². The van der Waals surface area contributed by atoms with Gasteiger partial charge in [-0.1, -0.05) is 35.5 Å². The van der Waals surface area contributed by atoms with Gasteiger partial charge in [0.25, 0.3) is 0 Å². The number of nitrogens with zero attached hydrogens (tertiary/aromatic N) is 5. The maximum atomic E-state index is 5.14. The summed E-state index contributed by atoms with van der Waals surface area (Å²) >= 11 is 0. The van der Waals surface area contributed by atoms with Crippen LogP contribution in [0.4, 0.5) is 17.5 Å². The van der Waals surface area contributed by atoms with Crippen molar-refractivity contribution in [3.8, 4) is 11.4 Å². The molecule has 1 saturated heterocycles. The number of hydrogen-bond donors (Lipinski definition) is 1. The van der Waals surface area contributed by atoms with E-state index in [1.54, 1.807) is 0 Å². The maximum absolute atomic E-state index is 5.14. The highest BCUT2D eigenvalue weighted by Crippen LogP contribution is 2.25. The van der Waals surface area contributed by atoms with E-state index in [-0.39, 0.29) is 0 Å². The van der Waals surface area contributed by atoms with Gasteiger partial charge in [0.05, 0.1) is 0 Å². The number of aryl methyl sites for hydroxylation is 1. The lowest BCUT2D eigenvalue weighted by molar-refractivity contribution is 0.312. The quantitative estimate of drug-likeness (QED) is 0.776. The molecule has 0 aliphatic carbocycles. The van der Waals surface area contributed by atoms with Crippen LogP contribution in [0, 0.1) is 6.92 Å². The first-order chi connectivity index (χ1) is 12.7. The van der Waals surface area contributed by atoms with Crippen LogP contribution in [0.3, 0.4) is 0 Å². The largest absolute Gasteiger partial charge is 0.360 e. The zero-order valence-electron chi connectivity index (χ0n) is 15.0. The first-order valence-corrected chi connectivity index (χ1v) is 8.76. The molecule has 0 unspecified atom stereocenters. The Labute approximate surface area is 152 Å². The molecule has 0 saturated carbocycles. The molecule has 1 aromatic carbocycles. The molecule has 7 nitrogen and oxygen atoms in total. The van der Waals surface area contributed by atoms with Crippen molar-refractivity contribution in [1.29, 1.82) is 0 Å². The minimum Gasteiger partial charge on any atom is -0.360 e. The molecule has 0 atom stereocenters. The standard InChI is InChI=1S/C19H22N6O/c1-14-12-17(23-26-14)20-16-13-18(25-10-8-24(2)9-11-25)22-19(21-16)15-6-4-3-5-7-15/h3-7,12-13H,8-11H2,1-2H3,(H,20,21,22,23). The van der Waals surface area contributed by atoms with Crippen LogP contribution in [0.2, 0.25) is 0 Å². The van der Waals surface area contributed by atoms with E-state index >= 15 is 0 Å². The molecule has 1 aliphatic heterocycles. The monoisotopic (exact) mass is 350 g/mol. The molecule has 0 spiro atoms. The molecular formula is C19H22N6O. The number of nitrogens with one attached hydrogen (secondary N) is 1. The zero-order chi connectivity index (χ0) is 17.9. The Morgan fingerprint density at radius 3 is 2.42 bits per heavy atom. The third-order valence-corrected chi connectivity index (χ3v) is 4.46. The molecule has 2 aromatic heterocycles. The van der Waals surface area contributed by atoms with Crippen molar-refractivity contribution in [2.75, 3.05) is 43.4 Å². The van der Waals surface area contributed by atoms with Gasteiger partial charge in [0, 0.05) is 43.9 Å². The summed E-state index contributed by atoms with van der Waals surface area (Å²) in [5.74, 6) is 3.73. The van der Waals surface area contributed by atoms with Crippen molar-refractivity contribution in [2.24, 2.45) is 0 Å². The lowest BCUT2D eigenvalue weighted by Crippen LogP contribution is -2.44. The summed E-state index contributed by atoms with van der Waals surface area (Å²) in [6.45, 7) is 5.81. The SMILES string of the molecule is Cc1cc(Nc2cc(N3CCN(C)CC3)nc(-c3ccccc3)n2)no1. The average Bonchev–Trinajstić information content (AvgIpc) is 3.07. The number of benzene rings is 1. The second-order valence-electron chi connectivity index (χ2n) is 6.54. The van der Waals surface area contributed by atoms with Crippen LogP contribution < -0.4 is 10.2 Å². The molecule has 1 N–H and O–H groups in total. The van der Waals surface area contributed by atoms with Crippen molar-refractivity contribution in [3.63, 3.8) is 0 Å². The van der Waals surface area contributed by atoms with E-state index in [2.05, 4.69) is 32.3 Å². The number of aromatic nitrogens is 3. The Bertz CT molecular complexity index is 871. The van der Waals surface area contributed by atoms with Gasteiger partial charge in [-0.25, -0.2) is 9.97 Å². The molecule has 0 bridgehead atoms. The fourth-order valence-corrected chi connectivity index (χ4v) is 2.97. The van der Waals surface area contributed by atoms with Crippen molar-refractivity contribution >= 4 is 17.5 Å². The number of rotatable bonds is 4. The van der Waals surface area contributed by atoms with Gasteiger partial charge < -0.3 is 19.6 Å². The highest BCUT2D eigenvalue weighted by Gasteiger charge is 2.18. The van der Waals surface area contributed by atoms with E-state index in [0.29, 0.717) is 17.5 Å². The minimum absolute atomic E-state index is 0.643. The molecule has 3 heterocycles. The summed E-state index contributed by atoms with van der Waals surface area (Å²) in [6, 6.07) is 13.8. The van der Waals surface area contributed by atoms with Crippen LogP contribution in [0.15, 0.2) is 47.0 Å².